The minimum atomic E-state index is -4.01. The van der Waals surface area contributed by atoms with Crippen molar-refractivity contribution in [2.24, 2.45) is 5.73 Å². The standard InChI is InChI=1S/C18H33N2O9PS/c1-2-17(21)7-8-18(22)26-13-15-31(24,25)16-14-29-30(23,28-12-6-10-20)27-11-5-3-4-9-19/h2-9,11-16,19H2,1H3. The maximum Gasteiger partial charge on any atom is 0.474 e. The molecular weight excluding hydrogens is 451 g/mol. The predicted molar refractivity (Wildman–Crippen MR) is 113 cm³/mol. The molecule has 1 unspecified atom stereocenters. The van der Waals surface area contributed by atoms with Gasteiger partial charge in [-0.1, -0.05) is 6.92 Å². The molecule has 180 valence electrons. The van der Waals surface area contributed by atoms with Gasteiger partial charge in [-0.05, 0) is 25.8 Å². The van der Waals surface area contributed by atoms with Crippen LogP contribution in [0.4, 0.5) is 0 Å². The van der Waals surface area contributed by atoms with Crippen LogP contribution in [0.25, 0.3) is 0 Å². The van der Waals surface area contributed by atoms with Gasteiger partial charge in [-0.2, -0.15) is 5.26 Å². The summed E-state index contributed by atoms with van der Waals surface area (Å²) >= 11 is 0. The normalized spacial score (nSPS) is 13.3. The molecule has 0 saturated carbocycles. The van der Waals surface area contributed by atoms with Gasteiger partial charge < -0.3 is 10.5 Å². The molecule has 0 bridgehead atoms. The van der Waals surface area contributed by atoms with E-state index in [1.54, 1.807) is 6.92 Å². The summed E-state index contributed by atoms with van der Waals surface area (Å²) in [6, 6.07) is 1.83. The lowest BCUT2D eigenvalue weighted by atomic mass is 10.2. The van der Waals surface area contributed by atoms with E-state index in [9.17, 15) is 22.6 Å². The number of phosphoric acid groups is 1. The number of sulfone groups is 1. The highest BCUT2D eigenvalue weighted by molar-refractivity contribution is 7.91. The van der Waals surface area contributed by atoms with Gasteiger partial charge >= 0.3 is 13.8 Å². The molecule has 0 aromatic carbocycles. The number of phosphoric ester groups is 1. The third kappa shape index (κ3) is 16.9. The SMILES string of the molecule is CCC(=O)CCC(=O)OCCS(=O)(=O)CCOP(=O)(OCCC#N)OCCCCCN. The molecule has 0 saturated heterocycles. The topological polar surface area (TPSA) is 172 Å². The molecule has 0 aliphatic rings. The first-order chi connectivity index (χ1) is 14.7. The molecule has 11 nitrogen and oxygen atoms in total. The minimum absolute atomic E-state index is 0.0304. The molecule has 13 heteroatoms. The number of esters is 1. The van der Waals surface area contributed by atoms with Crippen molar-refractivity contribution in [1.29, 1.82) is 5.26 Å². The Balaban J connectivity index is 4.38. The summed E-state index contributed by atoms with van der Waals surface area (Å²) in [6.45, 7) is 1.30. The lowest BCUT2D eigenvalue weighted by Gasteiger charge is -2.17. The van der Waals surface area contributed by atoms with E-state index in [2.05, 4.69) is 0 Å². The van der Waals surface area contributed by atoms with Crippen molar-refractivity contribution in [1.82, 2.24) is 0 Å². The Labute approximate surface area is 184 Å². The molecule has 0 aromatic rings. The molecule has 0 amide bonds. The molecule has 0 spiro atoms. The Hall–Kier alpha value is -1.35. The summed E-state index contributed by atoms with van der Waals surface area (Å²) in [5.41, 5.74) is 5.39. The lowest BCUT2D eigenvalue weighted by Crippen LogP contribution is -2.20. The second-order valence-electron chi connectivity index (χ2n) is 6.47. The molecule has 0 radical (unpaired) electrons. The first kappa shape index (κ1) is 29.7. The molecule has 0 aromatic heterocycles. The van der Waals surface area contributed by atoms with Gasteiger partial charge in [0.05, 0.1) is 50.2 Å². The van der Waals surface area contributed by atoms with E-state index in [1.165, 1.54) is 0 Å². The first-order valence-corrected chi connectivity index (χ1v) is 13.4. The van der Waals surface area contributed by atoms with E-state index in [0.717, 1.165) is 12.8 Å². The van der Waals surface area contributed by atoms with Crippen LogP contribution in [-0.4, -0.2) is 64.6 Å². The molecule has 0 aliphatic heterocycles. The van der Waals surface area contributed by atoms with Crippen LogP contribution in [0.5, 0.6) is 0 Å². The number of nitrogens with zero attached hydrogens (tertiary/aromatic N) is 1. The van der Waals surface area contributed by atoms with Gasteiger partial charge in [-0.3, -0.25) is 23.2 Å². The summed E-state index contributed by atoms with van der Waals surface area (Å²) in [5, 5.41) is 8.57. The van der Waals surface area contributed by atoms with Gasteiger partial charge in [0.25, 0.3) is 0 Å². The number of rotatable bonds is 20. The molecular formula is C18H33N2O9PS. The van der Waals surface area contributed by atoms with Crippen LogP contribution in [0, 0.1) is 11.3 Å². The molecule has 0 aliphatic carbocycles. The van der Waals surface area contributed by atoms with Crippen LogP contribution in [0.15, 0.2) is 0 Å². The van der Waals surface area contributed by atoms with E-state index in [0.29, 0.717) is 19.4 Å². The number of carbonyl (C=O) groups is 2. The van der Waals surface area contributed by atoms with E-state index in [-0.39, 0.29) is 44.9 Å². The third-order valence-electron chi connectivity index (χ3n) is 3.86. The van der Waals surface area contributed by atoms with Crippen LogP contribution in [-0.2, 0) is 42.3 Å². The average Bonchev–Trinajstić information content (AvgIpc) is 2.71. The molecule has 0 heterocycles. The average molecular weight is 485 g/mol. The van der Waals surface area contributed by atoms with Gasteiger partial charge in [0, 0.05) is 12.8 Å². The number of Topliss-reactive ketones (excluding diaryl/α,β-unsaturated/α-hetero) is 1. The summed E-state index contributed by atoms with van der Waals surface area (Å²) in [7, 11) is -7.67. The molecule has 2 N–H and O–H groups in total. The lowest BCUT2D eigenvalue weighted by molar-refractivity contribution is -0.144. The summed E-state index contributed by atoms with van der Waals surface area (Å²) in [5.74, 6) is -1.65. The zero-order valence-electron chi connectivity index (χ0n) is 18.0. The van der Waals surface area contributed by atoms with Crippen LogP contribution in [0.1, 0.15) is 51.9 Å². The highest BCUT2D eigenvalue weighted by Crippen LogP contribution is 2.49. The largest absolute Gasteiger partial charge is 0.474 e. The van der Waals surface area contributed by atoms with Gasteiger partial charge in [0.1, 0.15) is 12.4 Å². The molecule has 31 heavy (non-hydrogen) atoms. The van der Waals surface area contributed by atoms with Gasteiger partial charge in [0.2, 0.25) is 0 Å². The highest BCUT2D eigenvalue weighted by atomic mass is 32.2. The maximum absolute atomic E-state index is 12.6. The number of nitriles is 1. The maximum atomic E-state index is 12.6. The fraction of sp³-hybridized carbons (Fsp3) is 0.833. The third-order valence-corrected chi connectivity index (χ3v) is 6.94. The Morgan fingerprint density at radius 3 is 2.26 bits per heavy atom. The van der Waals surface area contributed by atoms with Gasteiger partial charge in [-0.25, -0.2) is 13.0 Å². The number of hydrogen-bond acceptors (Lipinski definition) is 11. The fourth-order valence-corrected chi connectivity index (χ4v) is 4.27. The fourth-order valence-electron chi connectivity index (χ4n) is 2.07. The van der Waals surface area contributed by atoms with Crippen molar-refractivity contribution >= 4 is 29.4 Å². The monoisotopic (exact) mass is 484 g/mol. The van der Waals surface area contributed by atoms with Crippen molar-refractivity contribution < 1.29 is 40.9 Å². The summed E-state index contributed by atoms with van der Waals surface area (Å²) in [4.78, 5) is 22.7. The van der Waals surface area contributed by atoms with Crippen LogP contribution < -0.4 is 5.73 Å². The summed E-state index contributed by atoms with van der Waals surface area (Å²) in [6.07, 6.45) is 2.36. The van der Waals surface area contributed by atoms with E-state index in [4.69, 9.17) is 29.3 Å². The Morgan fingerprint density at radius 2 is 1.61 bits per heavy atom. The number of ketones is 1. The van der Waals surface area contributed by atoms with Crippen LogP contribution in [0.2, 0.25) is 0 Å². The second-order valence-corrected chi connectivity index (χ2v) is 10.4. The smallest absolute Gasteiger partial charge is 0.465 e. The first-order valence-electron chi connectivity index (χ1n) is 10.2. The number of ether oxygens (including phenoxy) is 1. The molecule has 0 fully saturated rings. The molecule has 1 atom stereocenters. The van der Waals surface area contributed by atoms with Crippen molar-refractivity contribution in [3.8, 4) is 6.07 Å². The van der Waals surface area contributed by atoms with E-state index in [1.807, 2.05) is 6.07 Å². The zero-order valence-corrected chi connectivity index (χ0v) is 19.7. The quantitative estimate of drug-likeness (QED) is 0.152. The highest BCUT2D eigenvalue weighted by Gasteiger charge is 2.27. The van der Waals surface area contributed by atoms with Crippen molar-refractivity contribution in [2.45, 2.75) is 51.9 Å². The van der Waals surface area contributed by atoms with Crippen molar-refractivity contribution in [3.63, 3.8) is 0 Å². The van der Waals surface area contributed by atoms with Crippen molar-refractivity contribution in [2.75, 3.05) is 44.5 Å². The van der Waals surface area contributed by atoms with Crippen molar-refractivity contribution in [3.05, 3.63) is 0 Å². The minimum Gasteiger partial charge on any atom is -0.465 e. The zero-order chi connectivity index (χ0) is 23.6. The Kier molecular flexibility index (Phi) is 16.5. The Morgan fingerprint density at radius 1 is 0.968 bits per heavy atom. The van der Waals surface area contributed by atoms with Gasteiger partial charge in [-0.15, -0.1) is 0 Å². The van der Waals surface area contributed by atoms with Crippen LogP contribution >= 0.6 is 7.82 Å². The number of unbranched alkanes of at least 4 members (excludes halogenated alkanes) is 2. The predicted octanol–water partition coefficient (Wildman–Crippen LogP) is 1.90. The second kappa shape index (κ2) is 17.2. The van der Waals surface area contributed by atoms with Gasteiger partial charge in [0.15, 0.2) is 9.84 Å². The molecule has 0 rings (SSSR count). The number of nitrogens with two attached hydrogens (primary N) is 1. The number of hydrogen-bond donors (Lipinski definition) is 1. The summed E-state index contributed by atoms with van der Waals surface area (Å²) < 4.78 is 56.8. The van der Waals surface area contributed by atoms with E-state index >= 15 is 0 Å². The van der Waals surface area contributed by atoms with E-state index < -0.39 is 41.7 Å². The Bertz CT molecular complexity index is 722. The van der Waals surface area contributed by atoms with Crippen LogP contribution in [0.3, 0.4) is 0 Å². The number of carbonyl (C=O) groups excluding carboxylic acids is 2.